The lowest BCUT2D eigenvalue weighted by Gasteiger charge is -2.42. The molecule has 4 atom stereocenters. The molecule has 3 nitrogen and oxygen atoms in total. The largest absolute Gasteiger partial charge is 0.430 e. The van der Waals surface area contributed by atoms with Crippen LogP contribution in [0.5, 0.6) is 0 Å². The second-order valence-corrected chi connectivity index (χ2v) is 10.4. The van der Waals surface area contributed by atoms with Gasteiger partial charge in [-0.1, -0.05) is 37.3 Å². The maximum Gasteiger partial charge on any atom is 0.211 e. The molecule has 0 amide bonds. The van der Waals surface area contributed by atoms with E-state index in [1.807, 2.05) is 38.2 Å². The molecule has 4 heteroatoms. The van der Waals surface area contributed by atoms with Crippen molar-refractivity contribution in [3.63, 3.8) is 0 Å². The Morgan fingerprint density at radius 1 is 1.25 bits per heavy atom. The van der Waals surface area contributed by atoms with Gasteiger partial charge in [-0.15, -0.1) is 0 Å². The molecule has 2 rings (SSSR count). The van der Waals surface area contributed by atoms with Crippen molar-refractivity contribution in [2.24, 2.45) is 5.92 Å². The van der Waals surface area contributed by atoms with Crippen LogP contribution < -0.4 is 0 Å². The maximum atomic E-state index is 10.3. The summed E-state index contributed by atoms with van der Waals surface area (Å²) in [5.41, 5.74) is 1.12. The lowest BCUT2D eigenvalue weighted by Crippen LogP contribution is -2.56. The Balaban J connectivity index is 1.96. The summed E-state index contributed by atoms with van der Waals surface area (Å²) in [4.78, 5) is 10.3. The van der Waals surface area contributed by atoms with Crippen molar-refractivity contribution in [1.82, 2.24) is 0 Å². The molecule has 0 aromatic heterocycles. The number of hydrogen-bond donors (Lipinski definition) is 2. The van der Waals surface area contributed by atoms with Crippen LogP contribution >= 0.6 is 0 Å². The van der Waals surface area contributed by atoms with Gasteiger partial charge >= 0.3 is 0 Å². The second kappa shape index (κ2) is 6.39. The van der Waals surface area contributed by atoms with Crippen molar-refractivity contribution in [2.75, 3.05) is 0 Å². The van der Waals surface area contributed by atoms with Gasteiger partial charge in [0.15, 0.2) is 0 Å². The number of aliphatic hydroxyl groups is 1. The Morgan fingerprint density at radius 2 is 1.90 bits per heavy atom. The molecule has 1 aliphatic heterocycles. The molecule has 112 valence electrons. The van der Waals surface area contributed by atoms with E-state index in [0.717, 1.165) is 12.8 Å². The van der Waals surface area contributed by atoms with E-state index in [4.69, 9.17) is 4.74 Å². The van der Waals surface area contributed by atoms with Crippen molar-refractivity contribution in [3.8, 4) is 0 Å². The minimum absolute atomic E-state index is 0.0228. The third-order valence-corrected chi connectivity index (χ3v) is 6.28. The number of aryl methyl sites for hydroxylation is 1. The monoisotopic (exact) mass is 294 g/mol. The molecule has 0 bridgehead atoms. The zero-order valence-corrected chi connectivity index (χ0v) is 13.6. The van der Waals surface area contributed by atoms with Gasteiger partial charge in [0.1, 0.15) is 0 Å². The van der Waals surface area contributed by atoms with Crippen molar-refractivity contribution < 1.29 is 14.6 Å². The summed E-state index contributed by atoms with van der Waals surface area (Å²) >= 11 is 0. The Kier molecular flexibility index (Phi) is 5.02. The number of ether oxygens (including phenoxy) is 1. The average Bonchev–Trinajstić information content (AvgIpc) is 2.40. The van der Waals surface area contributed by atoms with Gasteiger partial charge in [-0.2, -0.15) is 0 Å². The molecular formula is C16H26O3Si. The number of rotatable bonds is 4. The maximum absolute atomic E-state index is 10.3. The summed E-state index contributed by atoms with van der Waals surface area (Å²) in [7, 11) is -2.39. The van der Waals surface area contributed by atoms with E-state index in [-0.39, 0.29) is 23.9 Å². The summed E-state index contributed by atoms with van der Waals surface area (Å²) in [5.74, 6) is 0.0228. The third kappa shape index (κ3) is 3.91. The van der Waals surface area contributed by atoms with Crippen LogP contribution in [0.3, 0.4) is 0 Å². The first kappa shape index (κ1) is 15.7. The third-order valence-electron chi connectivity index (χ3n) is 4.22. The van der Waals surface area contributed by atoms with Crippen LogP contribution in [-0.4, -0.2) is 36.2 Å². The van der Waals surface area contributed by atoms with Crippen molar-refractivity contribution in [3.05, 3.63) is 35.9 Å². The lowest BCUT2D eigenvalue weighted by molar-refractivity contribution is -0.108. The SMILES string of the molecule is C[C@H]1[C@H]([Si](C)(C)O)O[C@H](CCc2ccccc2)C[C@@H]1O. The van der Waals surface area contributed by atoms with Gasteiger partial charge in [0.25, 0.3) is 0 Å². The highest BCUT2D eigenvalue weighted by atomic mass is 28.4. The summed E-state index contributed by atoms with van der Waals surface area (Å²) in [6.07, 6.45) is 2.20. The highest BCUT2D eigenvalue weighted by molar-refractivity contribution is 6.71. The Morgan fingerprint density at radius 3 is 2.50 bits per heavy atom. The van der Waals surface area contributed by atoms with Crippen LogP contribution in [0.25, 0.3) is 0 Å². The zero-order chi connectivity index (χ0) is 14.8. The van der Waals surface area contributed by atoms with Crippen molar-refractivity contribution in [1.29, 1.82) is 0 Å². The van der Waals surface area contributed by atoms with Crippen LogP contribution in [0, 0.1) is 5.92 Å². The van der Waals surface area contributed by atoms with Gasteiger partial charge in [-0.05, 0) is 37.9 Å². The predicted molar refractivity (Wildman–Crippen MR) is 82.9 cm³/mol. The molecule has 1 saturated heterocycles. The Hall–Kier alpha value is -0.683. The quantitative estimate of drug-likeness (QED) is 0.839. The van der Waals surface area contributed by atoms with Gasteiger partial charge in [0.2, 0.25) is 8.32 Å². The molecule has 1 aromatic carbocycles. The average molecular weight is 294 g/mol. The van der Waals surface area contributed by atoms with E-state index in [0.29, 0.717) is 6.42 Å². The Bertz CT molecular complexity index is 415. The number of hydrogen-bond acceptors (Lipinski definition) is 3. The molecule has 0 radical (unpaired) electrons. The first-order valence-corrected chi connectivity index (χ1v) is 10.5. The number of aliphatic hydroxyl groups excluding tert-OH is 1. The fourth-order valence-electron chi connectivity index (χ4n) is 3.04. The highest BCUT2D eigenvalue weighted by Crippen LogP contribution is 2.31. The molecule has 0 saturated carbocycles. The van der Waals surface area contributed by atoms with Crippen LogP contribution in [0.2, 0.25) is 13.1 Å². The van der Waals surface area contributed by atoms with Crippen LogP contribution in [0.1, 0.15) is 25.3 Å². The molecule has 1 fully saturated rings. The van der Waals surface area contributed by atoms with Crippen LogP contribution in [-0.2, 0) is 11.2 Å². The summed E-state index contributed by atoms with van der Waals surface area (Å²) < 4.78 is 6.11. The first-order valence-electron chi connectivity index (χ1n) is 7.47. The molecule has 20 heavy (non-hydrogen) atoms. The topological polar surface area (TPSA) is 49.7 Å². The van der Waals surface area contributed by atoms with E-state index in [1.54, 1.807) is 0 Å². The highest BCUT2D eigenvalue weighted by Gasteiger charge is 2.43. The van der Waals surface area contributed by atoms with Crippen LogP contribution in [0.15, 0.2) is 30.3 Å². The number of benzene rings is 1. The Labute approximate surface area is 122 Å². The van der Waals surface area contributed by atoms with Gasteiger partial charge in [0, 0.05) is 5.92 Å². The fraction of sp³-hybridized carbons (Fsp3) is 0.625. The summed E-state index contributed by atoms with van der Waals surface area (Å²) in [6.45, 7) is 5.76. The molecule has 0 spiro atoms. The molecule has 1 heterocycles. The van der Waals surface area contributed by atoms with Crippen molar-refractivity contribution >= 4 is 8.32 Å². The second-order valence-electron chi connectivity index (χ2n) is 6.52. The first-order chi connectivity index (χ1) is 9.38. The van der Waals surface area contributed by atoms with Gasteiger partial charge in [-0.25, -0.2) is 0 Å². The van der Waals surface area contributed by atoms with E-state index < -0.39 is 8.32 Å². The molecule has 0 aliphatic carbocycles. The molecule has 1 aromatic rings. The fourth-order valence-corrected chi connectivity index (χ4v) is 5.08. The molecule has 1 aliphatic rings. The van der Waals surface area contributed by atoms with E-state index in [1.165, 1.54) is 5.56 Å². The molecule has 0 unspecified atom stereocenters. The van der Waals surface area contributed by atoms with Gasteiger partial charge < -0.3 is 14.6 Å². The normalized spacial score (nSPS) is 31.2. The molecular weight excluding hydrogens is 268 g/mol. The predicted octanol–water partition coefficient (Wildman–Crippen LogP) is 2.51. The van der Waals surface area contributed by atoms with Gasteiger partial charge in [0.05, 0.1) is 17.9 Å². The summed E-state index contributed by atoms with van der Waals surface area (Å²) in [6, 6.07) is 10.3. The standard InChI is InChI=1S/C16H26O3Si/c1-12-15(17)11-14(19-16(12)20(2,3)18)10-9-13-7-5-4-6-8-13/h4-8,12,14-18H,9-11H2,1-3H3/t12-,14-,15+,16+/m1/s1. The summed E-state index contributed by atoms with van der Waals surface area (Å²) in [5, 5.41) is 10.2. The van der Waals surface area contributed by atoms with Crippen LogP contribution in [0.4, 0.5) is 0 Å². The lowest BCUT2D eigenvalue weighted by atomic mass is 9.93. The minimum atomic E-state index is -2.39. The van der Waals surface area contributed by atoms with E-state index in [9.17, 15) is 9.90 Å². The van der Waals surface area contributed by atoms with Gasteiger partial charge in [-0.3, -0.25) is 0 Å². The van der Waals surface area contributed by atoms with E-state index in [2.05, 4.69) is 12.1 Å². The minimum Gasteiger partial charge on any atom is -0.430 e. The van der Waals surface area contributed by atoms with E-state index >= 15 is 0 Å². The zero-order valence-electron chi connectivity index (χ0n) is 12.6. The molecule has 2 N–H and O–H groups in total. The smallest absolute Gasteiger partial charge is 0.211 e. The van der Waals surface area contributed by atoms with Crippen molar-refractivity contribution in [2.45, 2.75) is 57.2 Å².